The number of aromatic nitrogens is 2. The van der Waals surface area contributed by atoms with Crippen LogP contribution in [-0.2, 0) is 0 Å². The van der Waals surface area contributed by atoms with E-state index in [1.807, 2.05) is 73.7 Å². The molecule has 1 heterocycles. The molecule has 6 nitrogen and oxygen atoms in total. The Balaban J connectivity index is 1.58. The van der Waals surface area contributed by atoms with E-state index < -0.39 is 0 Å². The van der Waals surface area contributed by atoms with E-state index in [0.29, 0.717) is 46.5 Å². The van der Waals surface area contributed by atoms with Gasteiger partial charge in [-0.15, -0.1) is 0 Å². The highest BCUT2D eigenvalue weighted by Crippen LogP contribution is 2.27. The zero-order valence-corrected chi connectivity index (χ0v) is 18.8. The van der Waals surface area contributed by atoms with E-state index in [2.05, 4.69) is 0 Å². The van der Waals surface area contributed by atoms with Gasteiger partial charge in [-0.2, -0.15) is 0 Å². The molecule has 164 valence electrons. The highest BCUT2D eigenvalue weighted by atomic mass is 32.2. The fourth-order valence-electron chi connectivity index (χ4n) is 3.33. The summed E-state index contributed by atoms with van der Waals surface area (Å²) in [5.74, 6) is 2.81. The van der Waals surface area contributed by atoms with E-state index in [0.717, 1.165) is 11.5 Å². The van der Waals surface area contributed by atoms with Crippen LogP contribution < -0.4 is 19.8 Å². The predicted molar refractivity (Wildman–Crippen MR) is 128 cm³/mol. The summed E-state index contributed by atoms with van der Waals surface area (Å²) >= 11 is 1.47. The van der Waals surface area contributed by atoms with Gasteiger partial charge in [0.05, 0.1) is 36.9 Å². The smallest absolute Gasteiger partial charge is 0.266 e. The molecule has 32 heavy (non-hydrogen) atoms. The van der Waals surface area contributed by atoms with Gasteiger partial charge in [0.25, 0.3) is 5.56 Å². The first-order valence-electron chi connectivity index (χ1n) is 10.3. The van der Waals surface area contributed by atoms with Crippen LogP contribution in [0.4, 0.5) is 0 Å². The average Bonchev–Trinajstić information content (AvgIpc) is 2.83. The van der Waals surface area contributed by atoms with Crippen molar-refractivity contribution in [2.24, 2.45) is 0 Å². The van der Waals surface area contributed by atoms with Crippen LogP contribution in [0.25, 0.3) is 16.6 Å². The van der Waals surface area contributed by atoms with Gasteiger partial charge >= 0.3 is 0 Å². The Kier molecular flexibility index (Phi) is 6.97. The van der Waals surface area contributed by atoms with Crippen molar-refractivity contribution in [3.05, 3.63) is 83.2 Å². The number of methoxy groups -OCH3 is 1. The molecule has 4 rings (SSSR count). The summed E-state index contributed by atoms with van der Waals surface area (Å²) in [6.45, 7) is 3.05. The lowest BCUT2D eigenvalue weighted by atomic mass is 10.2. The molecule has 0 fully saturated rings. The van der Waals surface area contributed by atoms with Gasteiger partial charge in [-0.05, 0) is 55.5 Å². The Morgan fingerprint density at radius 3 is 2.34 bits per heavy atom. The van der Waals surface area contributed by atoms with E-state index in [-0.39, 0.29) is 5.56 Å². The monoisotopic (exact) mass is 448 g/mol. The highest BCUT2D eigenvalue weighted by molar-refractivity contribution is 7.99. The number of hydrogen-bond donors (Lipinski definition) is 0. The maximum absolute atomic E-state index is 13.4. The fraction of sp³-hybridized carbons (Fsp3) is 0.200. The Bertz CT molecular complexity index is 1260. The van der Waals surface area contributed by atoms with Crippen LogP contribution >= 0.6 is 11.8 Å². The van der Waals surface area contributed by atoms with Crippen LogP contribution in [0.15, 0.2) is 82.7 Å². The first kappa shape index (κ1) is 21.8. The minimum absolute atomic E-state index is 0.130. The summed E-state index contributed by atoms with van der Waals surface area (Å²) in [6.07, 6.45) is 0. The lowest BCUT2D eigenvalue weighted by Gasteiger charge is -2.16. The quantitative estimate of drug-likeness (QED) is 0.205. The minimum Gasteiger partial charge on any atom is -0.495 e. The summed E-state index contributed by atoms with van der Waals surface area (Å²) in [5.41, 5.74) is 1.20. The summed E-state index contributed by atoms with van der Waals surface area (Å²) < 4.78 is 18.4. The highest BCUT2D eigenvalue weighted by Gasteiger charge is 2.16. The van der Waals surface area contributed by atoms with Gasteiger partial charge in [0.2, 0.25) is 0 Å². The van der Waals surface area contributed by atoms with Crippen molar-refractivity contribution in [1.29, 1.82) is 0 Å². The largest absolute Gasteiger partial charge is 0.495 e. The third-order valence-electron chi connectivity index (χ3n) is 4.79. The molecule has 4 aromatic rings. The van der Waals surface area contributed by atoms with Crippen molar-refractivity contribution in [2.75, 3.05) is 26.1 Å². The zero-order valence-electron chi connectivity index (χ0n) is 18.0. The van der Waals surface area contributed by atoms with Gasteiger partial charge in [0.1, 0.15) is 17.2 Å². The standard InChI is InChI=1S/C25H24N2O4S/c1-3-30-18-12-14-19(15-13-18)31-16-17-32-25-26-21-9-5-4-8-20(21)24(28)27(25)22-10-6-7-11-23(22)29-2/h4-15H,3,16-17H2,1-2H3. The maximum Gasteiger partial charge on any atom is 0.266 e. The minimum atomic E-state index is -0.130. The van der Waals surface area contributed by atoms with E-state index in [4.69, 9.17) is 19.2 Å². The number of para-hydroxylation sites is 3. The van der Waals surface area contributed by atoms with Gasteiger partial charge < -0.3 is 14.2 Å². The molecule has 0 N–H and O–H groups in total. The van der Waals surface area contributed by atoms with Crippen LogP contribution in [0.1, 0.15) is 6.92 Å². The van der Waals surface area contributed by atoms with Gasteiger partial charge in [-0.3, -0.25) is 9.36 Å². The SMILES string of the molecule is CCOc1ccc(OCCSc2nc3ccccc3c(=O)n2-c2ccccc2OC)cc1. The lowest BCUT2D eigenvalue weighted by molar-refractivity contribution is 0.332. The second-order valence-corrected chi connectivity index (χ2v) is 7.89. The molecule has 0 aliphatic rings. The molecule has 0 aliphatic carbocycles. The van der Waals surface area contributed by atoms with Crippen LogP contribution in [-0.4, -0.2) is 35.6 Å². The molecule has 0 radical (unpaired) electrons. The van der Waals surface area contributed by atoms with E-state index in [1.54, 1.807) is 17.7 Å². The third kappa shape index (κ3) is 4.73. The second-order valence-electron chi connectivity index (χ2n) is 6.83. The van der Waals surface area contributed by atoms with Crippen LogP contribution in [0.5, 0.6) is 17.2 Å². The average molecular weight is 449 g/mol. The van der Waals surface area contributed by atoms with Crippen LogP contribution in [0.2, 0.25) is 0 Å². The molecule has 3 aromatic carbocycles. The molecule has 0 atom stereocenters. The summed E-state index contributed by atoms with van der Waals surface area (Å²) in [5, 5.41) is 1.15. The summed E-state index contributed by atoms with van der Waals surface area (Å²) in [6, 6.07) is 22.3. The zero-order chi connectivity index (χ0) is 22.3. The molecule has 0 amide bonds. The molecule has 0 saturated carbocycles. The molecular formula is C25H24N2O4S. The number of benzene rings is 3. The Morgan fingerprint density at radius 2 is 1.59 bits per heavy atom. The normalized spacial score (nSPS) is 10.8. The number of hydrogen-bond acceptors (Lipinski definition) is 6. The van der Waals surface area contributed by atoms with E-state index in [9.17, 15) is 4.79 Å². The Labute approximate surface area is 190 Å². The van der Waals surface area contributed by atoms with Gasteiger partial charge in [-0.1, -0.05) is 36.0 Å². The van der Waals surface area contributed by atoms with Gasteiger partial charge in [0.15, 0.2) is 5.16 Å². The topological polar surface area (TPSA) is 62.6 Å². The second kappa shape index (κ2) is 10.2. The van der Waals surface area contributed by atoms with Gasteiger partial charge in [-0.25, -0.2) is 4.98 Å². The van der Waals surface area contributed by atoms with Crippen molar-refractivity contribution in [3.63, 3.8) is 0 Å². The third-order valence-corrected chi connectivity index (χ3v) is 5.69. The number of fused-ring (bicyclic) bond motifs is 1. The lowest BCUT2D eigenvalue weighted by Crippen LogP contribution is -2.22. The molecule has 1 aromatic heterocycles. The van der Waals surface area contributed by atoms with Crippen molar-refractivity contribution < 1.29 is 14.2 Å². The summed E-state index contributed by atoms with van der Waals surface area (Å²) in [7, 11) is 1.59. The molecular weight excluding hydrogens is 424 g/mol. The molecule has 0 spiro atoms. The first-order valence-corrected chi connectivity index (χ1v) is 11.3. The molecule has 0 aliphatic heterocycles. The number of thioether (sulfide) groups is 1. The first-order chi connectivity index (χ1) is 15.7. The van der Waals surface area contributed by atoms with Crippen molar-refractivity contribution >= 4 is 22.7 Å². The summed E-state index contributed by atoms with van der Waals surface area (Å²) in [4.78, 5) is 18.1. The number of rotatable bonds is 9. The van der Waals surface area contributed by atoms with Crippen LogP contribution in [0.3, 0.4) is 0 Å². The van der Waals surface area contributed by atoms with Crippen LogP contribution in [0, 0.1) is 0 Å². The predicted octanol–water partition coefficient (Wildman–Crippen LogP) is 4.96. The Hall–Kier alpha value is -3.45. The fourth-order valence-corrected chi connectivity index (χ4v) is 4.15. The molecule has 0 saturated heterocycles. The molecule has 0 unspecified atom stereocenters. The van der Waals surface area contributed by atoms with Crippen molar-refractivity contribution in [1.82, 2.24) is 9.55 Å². The van der Waals surface area contributed by atoms with Crippen molar-refractivity contribution in [3.8, 4) is 22.9 Å². The number of nitrogens with zero attached hydrogens (tertiary/aromatic N) is 2. The maximum atomic E-state index is 13.4. The molecule has 0 bridgehead atoms. The van der Waals surface area contributed by atoms with E-state index >= 15 is 0 Å². The van der Waals surface area contributed by atoms with Crippen molar-refractivity contribution in [2.45, 2.75) is 12.1 Å². The van der Waals surface area contributed by atoms with E-state index in [1.165, 1.54) is 11.8 Å². The van der Waals surface area contributed by atoms with Gasteiger partial charge in [0, 0.05) is 5.75 Å². The Morgan fingerprint density at radius 1 is 0.906 bits per heavy atom. The molecule has 7 heteroatoms. The number of ether oxygens (including phenoxy) is 3.